The zero-order valence-electron chi connectivity index (χ0n) is 11.3. The molecule has 0 saturated heterocycles. The maximum absolute atomic E-state index is 13.3. The fraction of sp³-hybridized carbons (Fsp3) is 0. The predicted octanol–water partition coefficient (Wildman–Crippen LogP) is 2.23. The van der Waals surface area contributed by atoms with Gasteiger partial charge in [0.15, 0.2) is 0 Å². The van der Waals surface area contributed by atoms with E-state index in [2.05, 4.69) is 4.72 Å². The third kappa shape index (κ3) is 3.61. The van der Waals surface area contributed by atoms with Gasteiger partial charge in [-0.05, 0) is 24.3 Å². The topological polar surface area (TPSA) is 127 Å². The largest absolute Gasteiger partial charge is 0.478 e. The second-order valence-electron chi connectivity index (χ2n) is 4.36. The lowest BCUT2D eigenvalue weighted by Crippen LogP contribution is -2.14. The van der Waals surface area contributed by atoms with Crippen LogP contribution in [0.25, 0.3) is 0 Å². The molecular weight excluding hydrogens is 331 g/mol. The molecule has 23 heavy (non-hydrogen) atoms. The van der Waals surface area contributed by atoms with Gasteiger partial charge in [0, 0.05) is 12.1 Å². The van der Waals surface area contributed by atoms with Gasteiger partial charge < -0.3 is 5.11 Å². The Balaban J connectivity index is 2.40. The zero-order chi connectivity index (χ0) is 17.2. The van der Waals surface area contributed by atoms with Crippen molar-refractivity contribution in [2.24, 2.45) is 0 Å². The third-order valence-corrected chi connectivity index (χ3v) is 4.17. The summed E-state index contributed by atoms with van der Waals surface area (Å²) in [6.07, 6.45) is 0. The number of rotatable bonds is 5. The molecule has 8 nitrogen and oxygen atoms in total. The molecule has 2 rings (SSSR count). The van der Waals surface area contributed by atoms with Crippen LogP contribution < -0.4 is 4.72 Å². The maximum atomic E-state index is 13.3. The molecule has 0 amide bonds. The Labute approximate surface area is 129 Å². The summed E-state index contributed by atoms with van der Waals surface area (Å²) in [5.41, 5.74) is -1.21. The Morgan fingerprint density at radius 2 is 1.91 bits per heavy atom. The Bertz CT molecular complexity index is 897. The summed E-state index contributed by atoms with van der Waals surface area (Å²) in [5.74, 6) is -2.69. The minimum atomic E-state index is -4.23. The first kappa shape index (κ1) is 16.4. The average Bonchev–Trinajstić information content (AvgIpc) is 2.46. The monoisotopic (exact) mass is 340 g/mol. The molecule has 0 radical (unpaired) electrons. The Morgan fingerprint density at radius 3 is 2.52 bits per heavy atom. The summed E-state index contributed by atoms with van der Waals surface area (Å²) in [5, 5.41) is 19.5. The van der Waals surface area contributed by atoms with Gasteiger partial charge in [-0.3, -0.25) is 14.8 Å². The number of carboxylic acids is 1. The number of hydrogen-bond acceptors (Lipinski definition) is 5. The standard InChI is InChI=1S/C13H9FN2O6S/c14-12-5-4-10(7-11(12)13(17)18)23(21,22)15-8-2-1-3-9(6-8)16(19)20/h1-7,15H,(H,17,18). The van der Waals surface area contributed by atoms with Crippen molar-refractivity contribution in [1.29, 1.82) is 0 Å². The number of nitrogens with zero attached hydrogens (tertiary/aromatic N) is 1. The summed E-state index contributed by atoms with van der Waals surface area (Å²) in [6, 6.07) is 7.01. The van der Waals surface area contributed by atoms with Crippen LogP contribution in [0.4, 0.5) is 15.8 Å². The molecule has 0 fully saturated rings. The van der Waals surface area contributed by atoms with E-state index < -0.39 is 37.2 Å². The molecule has 2 aromatic carbocycles. The fourth-order valence-corrected chi connectivity index (χ4v) is 2.81. The minimum Gasteiger partial charge on any atom is -0.478 e. The maximum Gasteiger partial charge on any atom is 0.338 e. The summed E-state index contributed by atoms with van der Waals surface area (Å²) >= 11 is 0. The van der Waals surface area contributed by atoms with Gasteiger partial charge in [-0.25, -0.2) is 17.6 Å². The van der Waals surface area contributed by atoms with E-state index in [1.807, 2.05) is 0 Å². The molecule has 0 bridgehead atoms. The number of halogens is 1. The molecule has 0 unspecified atom stereocenters. The smallest absolute Gasteiger partial charge is 0.338 e. The van der Waals surface area contributed by atoms with Gasteiger partial charge in [0.25, 0.3) is 15.7 Å². The summed E-state index contributed by atoms with van der Waals surface area (Å²) in [6.45, 7) is 0. The number of carboxylic acid groups (broad SMARTS) is 1. The van der Waals surface area contributed by atoms with Crippen molar-refractivity contribution in [3.63, 3.8) is 0 Å². The first-order valence-electron chi connectivity index (χ1n) is 6.01. The molecule has 0 saturated carbocycles. The van der Waals surface area contributed by atoms with Crippen molar-refractivity contribution in [1.82, 2.24) is 0 Å². The molecule has 2 N–H and O–H groups in total. The third-order valence-electron chi connectivity index (χ3n) is 2.79. The second-order valence-corrected chi connectivity index (χ2v) is 6.04. The van der Waals surface area contributed by atoms with Crippen LogP contribution in [-0.2, 0) is 10.0 Å². The number of nitro groups is 1. The van der Waals surface area contributed by atoms with Gasteiger partial charge >= 0.3 is 5.97 Å². The number of benzene rings is 2. The Kier molecular flexibility index (Phi) is 4.27. The minimum absolute atomic E-state index is 0.0830. The number of non-ortho nitro benzene ring substituents is 1. The molecule has 0 atom stereocenters. The van der Waals surface area contributed by atoms with Crippen LogP contribution in [-0.4, -0.2) is 24.4 Å². The highest BCUT2D eigenvalue weighted by molar-refractivity contribution is 7.92. The lowest BCUT2D eigenvalue weighted by molar-refractivity contribution is -0.384. The highest BCUT2D eigenvalue weighted by atomic mass is 32.2. The number of carbonyl (C=O) groups is 1. The second kappa shape index (κ2) is 6.01. The normalized spacial score (nSPS) is 11.0. The fourth-order valence-electron chi connectivity index (χ4n) is 1.73. The van der Waals surface area contributed by atoms with Crippen LogP contribution in [0.5, 0.6) is 0 Å². The number of hydrogen-bond donors (Lipinski definition) is 2. The molecule has 120 valence electrons. The first-order valence-corrected chi connectivity index (χ1v) is 7.49. The first-order chi connectivity index (χ1) is 10.7. The number of aromatic carboxylic acids is 1. The molecule has 2 aromatic rings. The summed E-state index contributed by atoms with van der Waals surface area (Å²) in [7, 11) is -4.23. The molecule has 0 heterocycles. The van der Waals surface area contributed by atoms with Crippen molar-refractivity contribution in [3.05, 3.63) is 64.0 Å². The van der Waals surface area contributed by atoms with Crippen molar-refractivity contribution in [2.45, 2.75) is 4.90 Å². The van der Waals surface area contributed by atoms with E-state index in [4.69, 9.17) is 5.11 Å². The Hall–Kier alpha value is -3.01. The van der Waals surface area contributed by atoms with Gasteiger partial charge in [0.2, 0.25) is 0 Å². The van der Waals surface area contributed by atoms with Crippen LogP contribution in [0.3, 0.4) is 0 Å². The number of nitrogens with one attached hydrogen (secondary N) is 1. The highest BCUT2D eigenvalue weighted by Gasteiger charge is 2.20. The molecule has 10 heteroatoms. The van der Waals surface area contributed by atoms with Gasteiger partial charge in [-0.1, -0.05) is 6.07 Å². The van der Waals surface area contributed by atoms with Crippen LogP contribution >= 0.6 is 0 Å². The van der Waals surface area contributed by atoms with E-state index in [0.29, 0.717) is 12.1 Å². The van der Waals surface area contributed by atoms with Crippen LogP contribution in [0, 0.1) is 15.9 Å². The van der Waals surface area contributed by atoms with E-state index in [9.17, 15) is 27.7 Å². The van der Waals surface area contributed by atoms with Crippen molar-refractivity contribution < 1.29 is 27.6 Å². The SMILES string of the molecule is O=C(O)c1cc(S(=O)(=O)Nc2cccc([N+](=O)[O-])c2)ccc1F. The predicted molar refractivity (Wildman–Crippen MR) is 77.3 cm³/mol. The highest BCUT2D eigenvalue weighted by Crippen LogP contribution is 2.22. The van der Waals surface area contributed by atoms with Crippen molar-refractivity contribution >= 4 is 27.4 Å². The van der Waals surface area contributed by atoms with Gasteiger partial charge in [0.1, 0.15) is 5.82 Å². The lowest BCUT2D eigenvalue weighted by Gasteiger charge is -2.09. The average molecular weight is 340 g/mol. The van der Waals surface area contributed by atoms with E-state index >= 15 is 0 Å². The summed E-state index contributed by atoms with van der Waals surface area (Å²) < 4.78 is 39.7. The van der Waals surface area contributed by atoms with E-state index in [1.54, 1.807) is 0 Å². The zero-order valence-corrected chi connectivity index (χ0v) is 12.1. The molecule has 0 aliphatic heterocycles. The van der Waals surface area contributed by atoms with E-state index in [0.717, 1.165) is 12.1 Å². The number of anilines is 1. The number of sulfonamides is 1. The van der Waals surface area contributed by atoms with Crippen LogP contribution in [0.1, 0.15) is 10.4 Å². The van der Waals surface area contributed by atoms with E-state index in [-0.39, 0.29) is 11.4 Å². The van der Waals surface area contributed by atoms with Gasteiger partial charge in [0.05, 0.1) is 21.1 Å². The molecule has 0 aliphatic rings. The van der Waals surface area contributed by atoms with Crippen LogP contribution in [0.2, 0.25) is 0 Å². The molecule has 0 aromatic heterocycles. The van der Waals surface area contributed by atoms with Gasteiger partial charge in [-0.15, -0.1) is 0 Å². The van der Waals surface area contributed by atoms with Crippen LogP contribution in [0.15, 0.2) is 47.4 Å². The van der Waals surface area contributed by atoms with Gasteiger partial charge in [-0.2, -0.15) is 0 Å². The lowest BCUT2D eigenvalue weighted by atomic mass is 10.2. The molecule has 0 spiro atoms. The van der Waals surface area contributed by atoms with Crippen molar-refractivity contribution in [2.75, 3.05) is 4.72 Å². The number of nitro benzene ring substituents is 1. The summed E-state index contributed by atoms with van der Waals surface area (Å²) in [4.78, 5) is 20.3. The Morgan fingerprint density at radius 1 is 1.22 bits per heavy atom. The van der Waals surface area contributed by atoms with E-state index in [1.165, 1.54) is 18.2 Å². The van der Waals surface area contributed by atoms with Crippen molar-refractivity contribution in [3.8, 4) is 0 Å². The molecular formula is C13H9FN2O6S. The molecule has 0 aliphatic carbocycles. The quantitative estimate of drug-likeness (QED) is 0.635.